The number of nitrogens with zero attached hydrogens (tertiary/aromatic N) is 2. The third kappa shape index (κ3) is 8.19. The van der Waals surface area contributed by atoms with Gasteiger partial charge in [-0.2, -0.15) is 0 Å². The molecule has 0 amide bonds. The maximum Gasteiger partial charge on any atom is 0.191 e. The lowest BCUT2D eigenvalue weighted by molar-refractivity contribution is 0.191. The van der Waals surface area contributed by atoms with Crippen LogP contribution in [0.2, 0.25) is 0 Å². The number of benzene rings is 1. The summed E-state index contributed by atoms with van der Waals surface area (Å²) in [5, 5.41) is 6.59. The Kier molecular flexibility index (Phi) is 9.78. The van der Waals surface area contributed by atoms with Gasteiger partial charge in [0.2, 0.25) is 0 Å². The van der Waals surface area contributed by atoms with Crippen LogP contribution in [0, 0.1) is 5.92 Å². The summed E-state index contributed by atoms with van der Waals surface area (Å²) in [7, 11) is -3.22. The Hall–Kier alpha value is -1.60. The molecule has 1 aliphatic heterocycles. The smallest absolute Gasteiger partial charge is 0.191 e. The van der Waals surface area contributed by atoms with E-state index in [0.717, 1.165) is 37.9 Å². The maximum absolute atomic E-state index is 12.3. The zero-order valence-corrected chi connectivity index (χ0v) is 18.2. The van der Waals surface area contributed by atoms with E-state index in [1.54, 1.807) is 24.3 Å². The largest absolute Gasteiger partial charge is 0.357 e. The van der Waals surface area contributed by atoms with Crippen molar-refractivity contribution < 1.29 is 8.42 Å². The summed E-state index contributed by atoms with van der Waals surface area (Å²) >= 11 is 0. The third-order valence-corrected chi connectivity index (χ3v) is 6.92. The molecule has 7 heteroatoms. The number of piperidine rings is 1. The van der Waals surface area contributed by atoms with Gasteiger partial charge < -0.3 is 15.5 Å². The van der Waals surface area contributed by atoms with Gasteiger partial charge in [0.15, 0.2) is 15.8 Å². The molecule has 0 saturated carbocycles. The topological polar surface area (TPSA) is 73.8 Å². The van der Waals surface area contributed by atoms with Gasteiger partial charge in [0.05, 0.1) is 10.6 Å². The number of rotatable bonds is 10. The van der Waals surface area contributed by atoms with Crippen LogP contribution in [-0.4, -0.2) is 64.3 Å². The van der Waals surface area contributed by atoms with Crippen molar-refractivity contribution in [2.45, 2.75) is 44.4 Å². The van der Waals surface area contributed by atoms with E-state index in [1.807, 2.05) is 13.0 Å². The zero-order valence-electron chi connectivity index (χ0n) is 17.4. The maximum atomic E-state index is 12.3. The molecule has 1 fully saturated rings. The van der Waals surface area contributed by atoms with E-state index >= 15 is 0 Å². The van der Waals surface area contributed by atoms with Crippen LogP contribution in [0.15, 0.2) is 40.2 Å². The molecule has 0 bridgehead atoms. The number of nitrogens with one attached hydrogen (secondary N) is 2. The van der Waals surface area contributed by atoms with Crippen LogP contribution >= 0.6 is 0 Å². The Balaban J connectivity index is 1.68. The molecule has 6 nitrogen and oxygen atoms in total. The molecular weight excluding hydrogens is 372 g/mol. The van der Waals surface area contributed by atoms with E-state index in [4.69, 9.17) is 0 Å². The highest BCUT2D eigenvalue weighted by Gasteiger charge is 2.15. The zero-order chi connectivity index (χ0) is 20.2. The van der Waals surface area contributed by atoms with Crippen LogP contribution in [0.1, 0.15) is 39.5 Å². The summed E-state index contributed by atoms with van der Waals surface area (Å²) < 4.78 is 24.6. The monoisotopic (exact) mass is 408 g/mol. The van der Waals surface area contributed by atoms with E-state index in [-0.39, 0.29) is 5.75 Å². The van der Waals surface area contributed by atoms with E-state index < -0.39 is 9.84 Å². The summed E-state index contributed by atoms with van der Waals surface area (Å²) in [4.78, 5) is 7.45. The molecule has 0 radical (unpaired) electrons. The second kappa shape index (κ2) is 12.1. The Bertz CT molecular complexity index is 684. The minimum absolute atomic E-state index is 0.118. The molecule has 0 unspecified atom stereocenters. The first-order chi connectivity index (χ1) is 13.5. The number of likely N-dealkylation sites (tertiary alicyclic amines) is 1. The minimum Gasteiger partial charge on any atom is -0.357 e. The van der Waals surface area contributed by atoms with Gasteiger partial charge in [-0.05, 0) is 70.3 Å². The molecule has 1 aromatic carbocycles. The van der Waals surface area contributed by atoms with Crippen molar-refractivity contribution >= 4 is 15.8 Å². The van der Waals surface area contributed by atoms with Gasteiger partial charge in [0.1, 0.15) is 0 Å². The van der Waals surface area contributed by atoms with Crippen molar-refractivity contribution in [3.05, 3.63) is 30.3 Å². The molecule has 2 N–H and O–H groups in total. The standard InChI is InChI=1S/C21H36N4O2S/c1-3-22-21(23-13-7-15-25-16-11-19(2)12-17-25)24-14-8-18-28(26,27)20-9-5-4-6-10-20/h4-6,9-10,19H,3,7-8,11-18H2,1-2H3,(H2,22,23,24). The van der Waals surface area contributed by atoms with Crippen LogP contribution in [0.25, 0.3) is 0 Å². The number of aliphatic imine (C=N–C) groups is 1. The van der Waals surface area contributed by atoms with Crippen LogP contribution < -0.4 is 10.6 Å². The average molecular weight is 409 g/mol. The molecule has 1 aliphatic rings. The van der Waals surface area contributed by atoms with Crippen molar-refractivity contribution in [2.75, 3.05) is 45.0 Å². The van der Waals surface area contributed by atoms with Crippen LogP contribution in [0.3, 0.4) is 0 Å². The van der Waals surface area contributed by atoms with Crippen molar-refractivity contribution in [2.24, 2.45) is 10.9 Å². The summed E-state index contributed by atoms with van der Waals surface area (Å²) in [6.07, 6.45) is 4.22. The molecule has 1 heterocycles. The fraction of sp³-hybridized carbons (Fsp3) is 0.667. The lowest BCUT2D eigenvalue weighted by atomic mass is 9.99. The van der Waals surface area contributed by atoms with Gasteiger partial charge in [-0.25, -0.2) is 8.42 Å². The summed E-state index contributed by atoms with van der Waals surface area (Å²) in [5.74, 6) is 1.76. The summed E-state index contributed by atoms with van der Waals surface area (Å²) in [6.45, 7) is 10.1. The number of hydrogen-bond acceptors (Lipinski definition) is 4. The molecule has 2 rings (SSSR count). The molecule has 0 atom stereocenters. The Morgan fingerprint density at radius 2 is 1.86 bits per heavy atom. The van der Waals surface area contributed by atoms with Crippen LogP contribution in [0.4, 0.5) is 0 Å². The van der Waals surface area contributed by atoms with Crippen LogP contribution in [0.5, 0.6) is 0 Å². The number of hydrogen-bond donors (Lipinski definition) is 2. The molecule has 28 heavy (non-hydrogen) atoms. The van der Waals surface area contributed by atoms with Gasteiger partial charge >= 0.3 is 0 Å². The molecule has 158 valence electrons. The predicted octanol–water partition coefficient (Wildman–Crippen LogP) is 2.53. The van der Waals surface area contributed by atoms with Gasteiger partial charge in [0, 0.05) is 19.6 Å². The lowest BCUT2D eigenvalue weighted by Crippen LogP contribution is -2.39. The molecule has 0 aliphatic carbocycles. The number of sulfone groups is 1. The van der Waals surface area contributed by atoms with Gasteiger partial charge in [-0.3, -0.25) is 4.99 Å². The Morgan fingerprint density at radius 1 is 1.14 bits per heavy atom. The highest BCUT2D eigenvalue weighted by molar-refractivity contribution is 7.91. The minimum atomic E-state index is -3.22. The highest BCUT2D eigenvalue weighted by Crippen LogP contribution is 2.15. The normalized spacial score (nSPS) is 16.9. The van der Waals surface area contributed by atoms with Crippen molar-refractivity contribution in [3.63, 3.8) is 0 Å². The van der Waals surface area contributed by atoms with Crippen molar-refractivity contribution in [1.29, 1.82) is 0 Å². The summed E-state index contributed by atoms with van der Waals surface area (Å²) in [6, 6.07) is 8.62. The van der Waals surface area contributed by atoms with Gasteiger partial charge in [-0.15, -0.1) is 0 Å². The van der Waals surface area contributed by atoms with E-state index in [1.165, 1.54) is 25.9 Å². The van der Waals surface area contributed by atoms with E-state index in [0.29, 0.717) is 17.9 Å². The SMILES string of the molecule is CCNC(=NCCCS(=O)(=O)c1ccccc1)NCCCN1CCC(C)CC1. The molecule has 0 spiro atoms. The molecular formula is C21H36N4O2S. The predicted molar refractivity (Wildman–Crippen MR) is 117 cm³/mol. The first-order valence-electron chi connectivity index (χ1n) is 10.5. The summed E-state index contributed by atoms with van der Waals surface area (Å²) in [5.41, 5.74) is 0. The van der Waals surface area contributed by atoms with Crippen LogP contribution in [-0.2, 0) is 9.84 Å². The van der Waals surface area contributed by atoms with E-state index in [2.05, 4.69) is 27.4 Å². The average Bonchev–Trinajstić information content (AvgIpc) is 2.70. The van der Waals surface area contributed by atoms with E-state index in [9.17, 15) is 8.42 Å². The quantitative estimate of drug-likeness (QED) is 0.354. The second-order valence-corrected chi connectivity index (χ2v) is 9.66. The highest BCUT2D eigenvalue weighted by atomic mass is 32.2. The van der Waals surface area contributed by atoms with Gasteiger partial charge in [0.25, 0.3) is 0 Å². The molecule has 1 saturated heterocycles. The fourth-order valence-corrected chi connectivity index (χ4v) is 4.64. The molecule has 0 aromatic heterocycles. The van der Waals surface area contributed by atoms with Gasteiger partial charge in [-0.1, -0.05) is 25.1 Å². The first kappa shape index (κ1) is 22.7. The third-order valence-electron chi connectivity index (χ3n) is 5.11. The first-order valence-corrected chi connectivity index (χ1v) is 12.2. The lowest BCUT2D eigenvalue weighted by Gasteiger charge is -2.30. The molecule has 1 aromatic rings. The van der Waals surface area contributed by atoms with Crippen molar-refractivity contribution in [1.82, 2.24) is 15.5 Å². The van der Waals surface area contributed by atoms with Crippen molar-refractivity contribution in [3.8, 4) is 0 Å². The fourth-order valence-electron chi connectivity index (χ4n) is 3.33. The number of guanidine groups is 1. The Labute approximate surface area is 170 Å². The Morgan fingerprint density at radius 3 is 2.54 bits per heavy atom. The second-order valence-electron chi connectivity index (χ2n) is 7.55.